The summed E-state index contributed by atoms with van der Waals surface area (Å²) in [6, 6.07) is 9.01. The van der Waals surface area contributed by atoms with Crippen molar-refractivity contribution in [2.24, 2.45) is 0 Å². The van der Waals surface area contributed by atoms with E-state index in [0.717, 1.165) is 6.20 Å². The summed E-state index contributed by atoms with van der Waals surface area (Å²) in [4.78, 5) is 3.62. The van der Waals surface area contributed by atoms with Gasteiger partial charge in [0.15, 0.2) is 5.82 Å². The Hall–Kier alpha value is -1.95. The van der Waals surface area contributed by atoms with E-state index in [1.165, 1.54) is 24.4 Å². The Labute approximate surface area is 98.2 Å². The predicted molar refractivity (Wildman–Crippen MR) is 61.4 cm³/mol. The van der Waals surface area contributed by atoms with Gasteiger partial charge in [0.2, 0.25) is 0 Å². The van der Waals surface area contributed by atoms with Crippen LogP contribution in [0.2, 0.25) is 0 Å². The Morgan fingerprint density at radius 2 is 1.82 bits per heavy atom. The van der Waals surface area contributed by atoms with E-state index in [4.69, 9.17) is 0 Å². The summed E-state index contributed by atoms with van der Waals surface area (Å²) in [5, 5.41) is 0. The fraction of sp³-hybridized carbons (Fsp3) is 0. The third kappa shape index (κ3) is 2.59. The van der Waals surface area contributed by atoms with Crippen LogP contribution in [0.4, 0.5) is 10.1 Å². The molecule has 0 bridgehead atoms. The molecule has 0 atom stereocenters. The fourth-order valence-corrected chi connectivity index (χ4v) is 2.35. The normalized spacial score (nSPS) is 11.1. The SMILES string of the molecule is O=S(=O)(Nc1ccncc1F)c1ccccc1. The number of anilines is 1. The van der Waals surface area contributed by atoms with E-state index >= 15 is 0 Å². The number of benzene rings is 1. The lowest BCUT2D eigenvalue weighted by atomic mass is 10.4. The number of nitrogens with one attached hydrogen (secondary N) is 1. The molecule has 1 aromatic carbocycles. The number of hydrogen-bond donors (Lipinski definition) is 1. The molecule has 0 aliphatic carbocycles. The number of aromatic nitrogens is 1. The first-order valence-corrected chi connectivity index (χ1v) is 6.25. The molecule has 0 radical (unpaired) electrons. The van der Waals surface area contributed by atoms with Crippen molar-refractivity contribution in [2.75, 3.05) is 4.72 Å². The zero-order valence-electron chi connectivity index (χ0n) is 8.67. The molecule has 2 aromatic rings. The topological polar surface area (TPSA) is 59.1 Å². The monoisotopic (exact) mass is 252 g/mol. The minimum absolute atomic E-state index is 0.0798. The Bertz CT molecular complexity index is 614. The van der Waals surface area contributed by atoms with Gasteiger partial charge in [-0.1, -0.05) is 18.2 Å². The molecule has 0 unspecified atom stereocenters. The highest BCUT2D eigenvalue weighted by molar-refractivity contribution is 7.92. The van der Waals surface area contributed by atoms with Crippen molar-refractivity contribution in [3.63, 3.8) is 0 Å². The van der Waals surface area contributed by atoms with E-state index < -0.39 is 15.8 Å². The van der Waals surface area contributed by atoms with Gasteiger partial charge in [0.1, 0.15) is 0 Å². The first-order valence-electron chi connectivity index (χ1n) is 4.77. The molecule has 0 amide bonds. The molecule has 4 nitrogen and oxygen atoms in total. The van der Waals surface area contributed by atoms with Gasteiger partial charge < -0.3 is 0 Å². The van der Waals surface area contributed by atoms with Gasteiger partial charge in [-0.2, -0.15) is 0 Å². The number of sulfonamides is 1. The number of hydrogen-bond acceptors (Lipinski definition) is 3. The fourth-order valence-electron chi connectivity index (χ4n) is 1.26. The van der Waals surface area contributed by atoms with Crippen LogP contribution in [0.25, 0.3) is 0 Å². The van der Waals surface area contributed by atoms with Crippen molar-refractivity contribution in [3.8, 4) is 0 Å². The van der Waals surface area contributed by atoms with E-state index in [0.29, 0.717) is 0 Å². The van der Waals surface area contributed by atoms with Crippen molar-refractivity contribution < 1.29 is 12.8 Å². The minimum Gasteiger partial charge on any atom is -0.277 e. The van der Waals surface area contributed by atoms with Crippen molar-refractivity contribution in [2.45, 2.75) is 4.90 Å². The predicted octanol–water partition coefficient (Wildman–Crippen LogP) is 2.02. The molecule has 0 fully saturated rings. The Morgan fingerprint density at radius 3 is 2.47 bits per heavy atom. The summed E-state index contributed by atoms with van der Waals surface area (Å²) in [6.07, 6.45) is 2.26. The summed E-state index contributed by atoms with van der Waals surface area (Å²) in [7, 11) is -3.75. The average Bonchev–Trinajstić information content (AvgIpc) is 2.33. The van der Waals surface area contributed by atoms with Crippen LogP contribution >= 0.6 is 0 Å². The third-order valence-electron chi connectivity index (χ3n) is 2.07. The van der Waals surface area contributed by atoms with Gasteiger partial charge in [0.25, 0.3) is 10.0 Å². The average molecular weight is 252 g/mol. The van der Waals surface area contributed by atoms with Crippen LogP contribution in [0.3, 0.4) is 0 Å². The highest BCUT2D eigenvalue weighted by atomic mass is 32.2. The van der Waals surface area contributed by atoms with Crippen LogP contribution in [-0.4, -0.2) is 13.4 Å². The third-order valence-corrected chi connectivity index (χ3v) is 3.45. The minimum atomic E-state index is -3.75. The van der Waals surface area contributed by atoms with Crippen LogP contribution in [0, 0.1) is 5.82 Å². The maximum atomic E-state index is 13.2. The molecule has 17 heavy (non-hydrogen) atoms. The molecule has 6 heteroatoms. The second kappa shape index (κ2) is 4.50. The molecule has 1 aromatic heterocycles. The lowest BCUT2D eigenvalue weighted by molar-refractivity contribution is 0.598. The molecule has 0 aliphatic rings. The lowest BCUT2D eigenvalue weighted by Gasteiger charge is -2.07. The van der Waals surface area contributed by atoms with Gasteiger partial charge in [-0.25, -0.2) is 12.8 Å². The highest BCUT2D eigenvalue weighted by Gasteiger charge is 2.15. The molecular formula is C11H9FN2O2S. The van der Waals surface area contributed by atoms with E-state index in [-0.39, 0.29) is 10.6 Å². The summed E-state index contributed by atoms with van der Waals surface area (Å²) < 4.78 is 39.1. The van der Waals surface area contributed by atoms with Crippen LogP contribution in [0.1, 0.15) is 0 Å². The van der Waals surface area contributed by atoms with Crippen molar-refractivity contribution in [3.05, 3.63) is 54.6 Å². The first-order chi connectivity index (χ1) is 8.09. The Balaban J connectivity index is 2.34. The van der Waals surface area contributed by atoms with Crippen LogP contribution in [-0.2, 0) is 10.0 Å². The second-order valence-electron chi connectivity index (χ2n) is 3.27. The number of pyridine rings is 1. The Kier molecular flexibility index (Phi) is 3.06. The first kappa shape index (κ1) is 11.5. The van der Waals surface area contributed by atoms with Crippen LogP contribution in [0.15, 0.2) is 53.7 Å². The maximum Gasteiger partial charge on any atom is 0.261 e. The van der Waals surface area contributed by atoms with E-state index in [2.05, 4.69) is 9.71 Å². The van der Waals surface area contributed by atoms with Crippen molar-refractivity contribution in [1.82, 2.24) is 4.98 Å². The molecule has 0 aliphatic heterocycles. The van der Waals surface area contributed by atoms with Crippen molar-refractivity contribution >= 4 is 15.7 Å². The van der Waals surface area contributed by atoms with Gasteiger partial charge in [-0.05, 0) is 18.2 Å². The standard InChI is InChI=1S/C11H9FN2O2S/c12-10-8-13-7-6-11(10)14-17(15,16)9-4-2-1-3-5-9/h1-8H,(H,13,14). The molecule has 2 rings (SSSR count). The Morgan fingerprint density at radius 1 is 1.12 bits per heavy atom. The smallest absolute Gasteiger partial charge is 0.261 e. The lowest BCUT2D eigenvalue weighted by Crippen LogP contribution is -2.13. The molecule has 0 saturated heterocycles. The molecule has 0 spiro atoms. The molecule has 88 valence electrons. The molecule has 1 heterocycles. The van der Waals surface area contributed by atoms with Gasteiger partial charge in [-0.15, -0.1) is 0 Å². The van der Waals surface area contributed by atoms with Crippen LogP contribution < -0.4 is 4.72 Å². The summed E-state index contributed by atoms with van der Waals surface area (Å²) >= 11 is 0. The summed E-state index contributed by atoms with van der Waals surface area (Å²) in [5.74, 6) is -0.716. The maximum absolute atomic E-state index is 13.2. The largest absolute Gasteiger partial charge is 0.277 e. The highest BCUT2D eigenvalue weighted by Crippen LogP contribution is 2.17. The quantitative estimate of drug-likeness (QED) is 0.909. The molecule has 0 saturated carbocycles. The summed E-state index contributed by atoms with van der Waals surface area (Å²) in [5.41, 5.74) is -0.121. The van der Waals surface area contributed by atoms with E-state index in [1.54, 1.807) is 18.2 Å². The zero-order valence-corrected chi connectivity index (χ0v) is 9.49. The molecular weight excluding hydrogens is 243 g/mol. The number of nitrogens with zero attached hydrogens (tertiary/aromatic N) is 1. The summed E-state index contributed by atoms with van der Waals surface area (Å²) in [6.45, 7) is 0. The van der Waals surface area contributed by atoms with E-state index in [1.807, 2.05) is 0 Å². The van der Waals surface area contributed by atoms with Crippen LogP contribution in [0.5, 0.6) is 0 Å². The van der Waals surface area contributed by atoms with Gasteiger partial charge >= 0.3 is 0 Å². The van der Waals surface area contributed by atoms with Gasteiger partial charge in [-0.3, -0.25) is 9.71 Å². The van der Waals surface area contributed by atoms with Crippen molar-refractivity contribution in [1.29, 1.82) is 0 Å². The van der Waals surface area contributed by atoms with Gasteiger partial charge in [0.05, 0.1) is 16.8 Å². The number of rotatable bonds is 3. The van der Waals surface area contributed by atoms with E-state index in [9.17, 15) is 12.8 Å². The second-order valence-corrected chi connectivity index (χ2v) is 4.96. The molecule has 1 N–H and O–H groups in total. The van der Waals surface area contributed by atoms with Gasteiger partial charge in [0, 0.05) is 6.20 Å². The zero-order chi connectivity index (χ0) is 12.3. The number of halogens is 1.